The van der Waals surface area contributed by atoms with Crippen molar-refractivity contribution in [3.63, 3.8) is 0 Å². The van der Waals surface area contributed by atoms with Gasteiger partial charge in [0.15, 0.2) is 0 Å². The number of benzene rings is 3. The first-order valence-electron chi connectivity index (χ1n) is 16.9. The van der Waals surface area contributed by atoms with Crippen LogP contribution in [0.15, 0.2) is 78.0 Å². The molecule has 0 saturated heterocycles. The zero-order valence-corrected chi connectivity index (χ0v) is 30.3. The van der Waals surface area contributed by atoms with Gasteiger partial charge in [0.25, 0.3) is 5.91 Å². The van der Waals surface area contributed by atoms with Gasteiger partial charge in [-0.3, -0.25) is 9.59 Å². The second-order valence-electron chi connectivity index (χ2n) is 11.8. The molecule has 1 amide bonds. The fraction of sp³-hybridized carbons (Fsp3) is 0.378. The second kappa shape index (κ2) is 19.6. The number of carbonyl (C=O) groups is 4. The van der Waals surface area contributed by atoms with E-state index in [-0.39, 0.29) is 34.1 Å². The molecule has 0 aliphatic rings. The van der Waals surface area contributed by atoms with Crippen LogP contribution in [0.25, 0.3) is 5.69 Å². The molecule has 2 N–H and O–H groups in total. The Balaban J connectivity index is 1.45. The fourth-order valence-corrected chi connectivity index (χ4v) is 6.45. The monoisotopic (exact) mass is 735 g/mol. The summed E-state index contributed by atoms with van der Waals surface area (Å²) < 4.78 is 9.57. The van der Waals surface area contributed by atoms with E-state index in [0.29, 0.717) is 23.2 Å². The number of ketones is 1. The van der Waals surface area contributed by atoms with Gasteiger partial charge < -0.3 is 19.9 Å². The van der Waals surface area contributed by atoms with Gasteiger partial charge in [0, 0.05) is 11.3 Å². The highest BCUT2D eigenvalue weighted by Gasteiger charge is 2.47. The summed E-state index contributed by atoms with van der Waals surface area (Å²) in [6, 6.07) is 17.9. The molecule has 12 nitrogen and oxygen atoms in total. The van der Waals surface area contributed by atoms with Crippen molar-refractivity contribution in [3.8, 4) is 11.4 Å². The van der Waals surface area contributed by atoms with Crippen molar-refractivity contribution < 1.29 is 33.8 Å². The van der Waals surface area contributed by atoms with E-state index in [1.165, 1.54) is 99.2 Å². The predicted molar refractivity (Wildman–Crippen MR) is 195 cm³/mol. The van der Waals surface area contributed by atoms with E-state index in [1.54, 1.807) is 30.3 Å². The first kappa shape index (κ1) is 39.0. The summed E-state index contributed by atoms with van der Waals surface area (Å²) in [5.41, 5.74) is 0.968. The number of amides is 1. The van der Waals surface area contributed by atoms with Crippen LogP contribution in [0.4, 0.5) is 5.69 Å². The quantitative estimate of drug-likeness (QED) is 0.0213. The lowest BCUT2D eigenvalue weighted by Gasteiger charge is -2.24. The first-order valence-corrected chi connectivity index (χ1v) is 18.1. The third-order valence-electron chi connectivity index (χ3n) is 8.06. The van der Waals surface area contributed by atoms with Crippen LogP contribution in [-0.4, -0.2) is 66.9 Å². The Bertz CT molecular complexity index is 1770. The molecule has 1 atom stereocenters. The minimum Gasteiger partial charge on any atom is -0.497 e. The van der Waals surface area contributed by atoms with Crippen LogP contribution < -0.4 is 10.1 Å². The molecule has 3 aromatic carbocycles. The number of methoxy groups -OCH3 is 1. The number of ether oxygens (including phenoxy) is 2. The maximum absolute atomic E-state index is 14.0. The highest BCUT2D eigenvalue weighted by Crippen LogP contribution is 2.40. The molecular weight excluding hydrogens is 694 g/mol. The number of carbonyl (C=O) groups excluding carboxylic acids is 3. The van der Waals surface area contributed by atoms with Crippen LogP contribution in [0.5, 0.6) is 5.75 Å². The lowest BCUT2D eigenvalue weighted by molar-refractivity contribution is -0.115. The molecule has 0 aliphatic carbocycles. The van der Waals surface area contributed by atoms with Gasteiger partial charge in [-0.25, -0.2) is 9.59 Å². The van der Waals surface area contributed by atoms with Crippen LogP contribution in [0.2, 0.25) is 0 Å². The highest BCUT2D eigenvalue weighted by atomic mass is 35.5. The van der Waals surface area contributed by atoms with Crippen molar-refractivity contribution in [1.82, 2.24) is 20.2 Å². The van der Waals surface area contributed by atoms with Crippen molar-refractivity contribution in [3.05, 3.63) is 89.5 Å². The number of aromatic carboxylic acids is 1. The van der Waals surface area contributed by atoms with E-state index in [0.717, 1.165) is 19.3 Å². The zero-order valence-electron chi connectivity index (χ0n) is 28.7. The van der Waals surface area contributed by atoms with E-state index >= 15 is 0 Å². The van der Waals surface area contributed by atoms with Crippen molar-refractivity contribution in [2.24, 2.45) is 0 Å². The topological polar surface area (TPSA) is 163 Å². The number of tetrazole rings is 1. The van der Waals surface area contributed by atoms with Gasteiger partial charge in [0.1, 0.15) is 5.75 Å². The van der Waals surface area contributed by atoms with Gasteiger partial charge in [-0.05, 0) is 95.3 Å². The van der Waals surface area contributed by atoms with E-state index in [2.05, 4.69) is 27.8 Å². The smallest absolute Gasteiger partial charge is 0.338 e. The molecule has 0 spiro atoms. The average Bonchev–Trinajstić information content (AvgIpc) is 3.61. The number of thioether (sulfide) groups is 1. The Labute approximate surface area is 306 Å². The number of esters is 1. The van der Waals surface area contributed by atoms with Crippen molar-refractivity contribution in [1.29, 1.82) is 0 Å². The average molecular weight is 736 g/mol. The second-order valence-corrected chi connectivity index (χ2v) is 13.8. The van der Waals surface area contributed by atoms with Crippen molar-refractivity contribution >= 4 is 52.7 Å². The fourth-order valence-electron chi connectivity index (χ4n) is 5.17. The van der Waals surface area contributed by atoms with Crippen molar-refractivity contribution in [2.75, 3.05) is 19.0 Å². The molecule has 0 saturated carbocycles. The number of alkyl halides is 1. The molecule has 14 heteroatoms. The number of carboxylic acids is 1. The van der Waals surface area contributed by atoms with Crippen molar-refractivity contribution in [2.45, 2.75) is 80.5 Å². The Kier molecular flexibility index (Phi) is 15.0. The standard InChI is InChI=1S/C37H42ClN5O7S/c1-3-4-5-6-7-8-9-10-11-12-24-50-34(47)28-14-13-15-29(25-28)39-35(48)37(38,32(44)26-18-22-31(49-2)23-19-26)51-36-40-41-42-43(36)30-20-16-27(17-21-30)33(45)46/h13-23,25H,3-12,24H2,1-2H3,(H,39,48)(H,45,46). The number of aromatic nitrogens is 4. The van der Waals surface area contributed by atoms with E-state index < -0.39 is 27.8 Å². The summed E-state index contributed by atoms with van der Waals surface area (Å²) in [5, 5.41) is 23.5. The van der Waals surface area contributed by atoms with Crippen LogP contribution in [0, 0.1) is 0 Å². The maximum Gasteiger partial charge on any atom is 0.338 e. The molecule has 51 heavy (non-hydrogen) atoms. The molecule has 0 radical (unpaired) electrons. The number of Topliss-reactive ketones (excluding diaryl/α,β-unsaturated/α-hetero) is 1. The van der Waals surface area contributed by atoms with Gasteiger partial charge in [0.05, 0.1) is 30.5 Å². The van der Waals surface area contributed by atoms with Gasteiger partial charge in [0.2, 0.25) is 15.1 Å². The number of hydrogen-bond acceptors (Lipinski definition) is 10. The normalized spacial score (nSPS) is 12.1. The Morgan fingerprint density at radius 3 is 2.10 bits per heavy atom. The Hall–Kier alpha value is -4.75. The number of halogens is 1. The van der Waals surface area contributed by atoms with E-state index in [4.69, 9.17) is 21.1 Å². The molecular formula is C37H42ClN5O7S. The molecule has 1 unspecified atom stereocenters. The number of nitrogens with zero attached hydrogens (tertiary/aromatic N) is 4. The summed E-state index contributed by atoms with van der Waals surface area (Å²) in [7, 11) is 1.48. The third kappa shape index (κ3) is 11.1. The molecule has 0 fully saturated rings. The minimum absolute atomic E-state index is 0.0191. The van der Waals surface area contributed by atoms with E-state index in [9.17, 15) is 24.3 Å². The predicted octanol–water partition coefficient (Wildman–Crippen LogP) is 8.00. The number of unbranched alkanes of at least 4 members (excludes halogenated alkanes) is 9. The number of rotatable bonds is 21. The van der Waals surface area contributed by atoms with Crippen LogP contribution in [-0.2, 0) is 9.53 Å². The summed E-state index contributed by atoms with van der Waals surface area (Å²) in [6.45, 7) is 2.50. The molecule has 270 valence electrons. The van der Waals surface area contributed by atoms with E-state index in [1.807, 2.05) is 0 Å². The molecule has 1 aromatic heterocycles. The molecule has 4 rings (SSSR count). The lowest BCUT2D eigenvalue weighted by atomic mass is 10.1. The zero-order chi connectivity index (χ0) is 36.6. The molecule has 1 heterocycles. The SMILES string of the molecule is CCCCCCCCCCCCOC(=O)c1cccc(NC(=O)C(Cl)(Sc2nnnn2-c2ccc(C(=O)O)cc2)C(=O)c2ccc(OC)cc2)c1. The highest BCUT2D eigenvalue weighted by molar-refractivity contribution is 8.03. The molecule has 4 aromatic rings. The molecule has 0 aliphatic heterocycles. The largest absolute Gasteiger partial charge is 0.497 e. The van der Waals surface area contributed by atoms with Crippen LogP contribution in [0.1, 0.15) is 102 Å². The summed E-state index contributed by atoms with van der Waals surface area (Å²) in [6.07, 6.45) is 11.7. The van der Waals surface area contributed by atoms with Gasteiger partial charge in [-0.15, -0.1) is 5.10 Å². The summed E-state index contributed by atoms with van der Waals surface area (Å²) >= 11 is 7.56. The number of carboxylic acid groups (broad SMARTS) is 1. The Morgan fingerprint density at radius 1 is 0.843 bits per heavy atom. The maximum atomic E-state index is 14.0. The first-order chi connectivity index (χ1) is 24.7. The molecule has 0 bridgehead atoms. The minimum atomic E-state index is -2.34. The number of hydrogen-bond donors (Lipinski definition) is 2. The van der Waals surface area contributed by atoms with Gasteiger partial charge >= 0.3 is 11.9 Å². The summed E-state index contributed by atoms with van der Waals surface area (Å²) in [5.74, 6) is -2.83. The van der Waals surface area contributed by atoms with Crippen LogP contribution in [0.3, 0.4) is 0 Å². The number of nitrogens with one attached hydrogen (secondary N) is 1. The lowest BCUT2D eigenvalue weighted by Crippen LogP contribution is -2.42. The van der Waals surface area contributed by atoms with Gasteiger partial charge in [-0.2, -0.15) is 4.68 Å². The Morgan fingerprint density at radius 2 is 1.47 bits per heavy atom. The third-order valence-corrected chi connectivity index (χ3v) is 9.72. The summed E-state index contributed by atoms with van der Waals surface area (Å²) in [4.78, 5) is 52.1. The number of anilines is 1. The van der Waals surface area contributed by atoms with Gasteiger partial charge in [-0.1, -0.05) is 82.4 Å². The van der Waals surface area contributed by atoms with Crippen LogP contribution >= 0.6 is 23.4 Å².